The number of hydrogen-bond donors (Lipinski definition) is 2. The fourth-order valence-electron chi connectivity index (χ4n) is 2.43. The van der Waals surface area contributed by atoms with Crippen molar-refractivity contribution in [2.24, 2.45) is 0 Å². The summed E-state index contributed by atoms with van der Waals surface area (Å²) in [4.78, 5) is 12.2. The van der Waals surface area contributed by atoms with Gasteiger partial charge in [0, 0.05) is 18.8 Å². The zero-order valence-corrected chi connectivity index (χ0v) is 16.1. The third kappa shape index (κ3) is 5.68. The van der Waals surface area contributed by atoms with Crippen LogP contribution in [0.5, 0.6) is 17.2 Å². The summed E-state index contributed by atoms with van der Waals surface area (Å²) in [6.45, 7) is 0.409. The maximum Gasteiger partial charge on any atom is 0.263 e. The van der Waals surface area contributed by atoms with Gasteiger partial charge in [-0.05, 0) is 36.2 Å². The van der Waals surface area contributed by atoms with E-state index in [1.165, 1.54) is 13.3 Å². The molecule has 0 fully saturated rings. The van der Waals surface area contributed by atoms with Crippen molar-refractivity contribution in [1.82, 2.24) is 5.32 Å². The Bertz CT molecular complexity index is 870. The molecule has 0 heterocycles. The summed E-state index contributed by atoms with van der Waals surface area (Å²) in [6, 6.07) is 14.7. The van der Waals surface area contributed by atoms with Crippen molar-refractivity contribution in [2.75, 3.05) is 33.2 Å². The third-order valence-corrected chi connectivity index (χ3v) is 4.00. The number of anilines is 1. The summed E-state index contributed by atoms with van der Waals surface area (Å²) < 4.78 is 15.6. The third-order valence-electron chi connectivity index (χ3n) is 4.00. The number of carbonyl (C=O) groups is 1. The molecule has 0 aliphatic rings. The summed E-state index contributed by atoms with van der Waals surface area (Å²) in [5.41, 5.74) is 1.60. The molecule has 0 saturated carbocycles. The van der Waals surface area contributed by atoms with E-state index in [0.717, 1.165) is 11.3 Å². The van der Waals surface area contributed by atoms with Crippen LogP contribution in [0.1, 0.15) is 5.56 Å². The topological polar surface area (TPSA) is 92.6 Å². The minimum atomic E-state index is -0.453. The fourth-order valence-corrected chi connectivity index (χ4v) is 2.43. The first kappa shape index (κ1) is 20.6. The number of amides is 1. The predicted molar refractivity (Wildman–Crippen MR) is 107 cm³/mol. The van der Waals surface area contributed by atoms with Crippen LogP contribution in [-0.4, -0.2) is 33.8 Å². The van der Waals surface area contributed by atoms with Crippen LogP contribution in [0.4, 0.5) is 5.69 Å². The molecule has 0 spiro atoms. The number of nitriles is 1. The van der Waals surface area contributed by atoms with E-state index in [9.17, 15) is 10.1 Å². The van der Waals surface area contributed by atoms with Crippen molar-refractivity contribution >= 4 is 11.6 Å². The van der Waals surface area contributed by atoms with E-state index in [1.54, 1.807) is 32.4 Å². The number of ether oxygens (including phenoxy) is 3. The number of methoxy groups -OCH3 is 3. The van der Waals surface area contributed by atoms with Gasteiger partial charge in [-0.15, -0.1) is 0 Å². The standard InChI is InChI=1S/C21H23N3O4/c1-26-17-6-4-15(5-7-17)10-11-23-21(25)16(13-22)14-24-19-12-18(27-2)8-9-20(19)28-3/h4-9,12,14,24H,10-11H2,1-3H3,(H,23,25)/b16-14-. The van der Waals surface area contributed by atoms with E-state index >= 15 is 0 Å². The fraction of sp³-hybridized carbons (Fsp3) is 0.238. The largest absolute Gasteiger partial charge is 0.497 e. The minimum Gasteiger partial charge on any atom is -0.497 e. The average Bonchev–Trinajstić information content (AvgIpc) is 2.74. The Hall–Kier alpha value is -3.66. The molecule has 0 unspecified atom stereocenters. The normalized spacial score (nSPS) is 10.6. The van der Waals surface area contributed by atoms with Gasteiger partial charge < -0.3 is 24.8 Å². The Labute approximate surface area is 164 Å². The van der Waals surface area contributed by atoms with Gasteiger partial charge >= 0.3 is 0 Å². The number of rotatable bonds is 9. The molecule has 28 heavy (non-hydrogen) atoms. The van der Waals surface area contributed by atoms with Crippen molar-refractivity contribution < 1.29 is 19.0 Å². The Balaban J connectivity index is 1.96. The SMILES string of the molecule is COc1ccc(CCNC(=O)/C(C#N)=C\Nc2cc(OC)ccc2OC)cc1. The van der Waals surface area contributed by atoms with Gasteiger partial charge in [0.15, 0.2) is 0 Å². The molecule has 7 heteroatoms. The van der Waals surface area contributed by atoms with Gasteiger partial charge in [0.2, 0.25) is 0 Å². The second kappa shape index (κ2) is 10.5. The molecule has 2 N–H and O–H groups in total. The molecular formula is C21H23N3O4. The quantitative estimate of drug-likeness (QED) is 0.513. The van der Waals surface area contributed by atoms with Crippen LogP contribution in [0.25, 0.3) is 0 Å². The second-order valence-corrected chi connectivity index (χ2v) is 5.73. The zero-order chi connectivity index (χ0) is 20.4. The molecule has 0 saturated heterocycles. The van der Waals surface area contributed by atoms with Gasteiger partial charge in [-0.1, -0.05) is 12.1 Å². The van der Waals surface area contributed by atoms with Crippen LogP contribution in [0, 0.1) is 11.3 Å². The molecular weight excluding hydrogens is 358 g/mol. The van der Waals surface area contributed by atoms with Crippen LogP contribution in [0.2, 0.25) is 0 Å². The summed E-state index contributed by atoms with van der Waals surface area (Å²) in [5, 5.41) is 15.0. The van der Waals surface area contributed by atoms with Crippen molar-refractivity contribution in [2.45, 2.75) is 6.42 Å². The lowest BCUT2D eigenvalue weighted by Gasteiger charge is -2.10. The monoisotopic (exact) mass is 381 g/mol. The van der Waals surface area contributed by atoms with Crippen LogP contribution < -0.4 is 24.8 Å². The van der Waals surface area contributed by atoms with E-state index in [2.05, 4.69) is 10.6 Å². The molecule has 146 valence electrons. The molecule has 2 rings (SSSR count). The van der Waals surface area contributed by atoms with E-state index in [0.29, 0.717) is 30.2 Å². The lowest BCUT2D eigenvalue weighted by Crippen LogP contribution is -2.27. The van der Waals surface area contributed by atoms with Crippen LogP contribution in [-0.2, 0) is 11.2 Å². The van der Waals surface area contributed by atoms with Gasteiger partial charge in [0.05, 0.1) is 27.0 Å². The molecule has 1 amide bonds. The van der Waals surface area contributed by atoms with Gasteiger partial charge in [-0.3, -0.25) is 4.79 Å². The maximum absolute atomic E-state index is 12.2. The highest BCUT2D eigenvalue weighted by Gasteiger charge is 2.10. The van der Waals surface area contributed by atoms with Crippen molar-refractivity contribution in [3.05, 3.63) is 59.8 Å². The average molecular weight is 381 g/mol. The van der Waals surface area contributed by atoms with E-state index in [1.807, 2.05) is 30.3 Å². The molecule has 2 aromatic rings. The maximum atomic E-state index is 12.2. The number of nitrogens with one attached hydrogen (secondary N) is 2. The Morgan fingerprint density at radius 2 is 1.71 bits per heavy atom. The van der Waals surface area contributed by atoms with Crippen LogP contribution in [0.15, 0.2) is 54.2 Å². The first-order valence-electron chi connectivity index (χ1n) is 8.61. The molecule has 0 atom stereocenters. The number of carbonyl (C=O) groups excluding carboxylic acids is 1. The predicted octanol–water partition coefficient (Wildman–Crippen LogP) is 2.89. The molecule has 2 aromatic carbocycles. The van der Waals surface area contributed by atoms with Crippen molar-refractivity contribution in [3.8, 4) is 23.3 Å². The summed E-state index contributed by atoms with van der Waals surface area (Å²) >= 11 is 0. The van der Waals surface area contributed by atoms with Gasteiger partial charge in [0.25, 0.3) is 5.91 Å². The zero-order valence-electron chi connectivity index (χ0n) is 16.1. The van der Waals surface area contributed by atoms with Gasteiger partial charge in [-0.2, -0.15) is 5.26 Å². The van der Waals surface area contributed by atoms with Crippen LogP contribution >= 0.6 is 0 Å². The van der Waals surface area contributed by atoms with Gasteiger partial charge in [-0.25, -0.2) is 0 Å². The summed E-state index contributed by atoms with van der Waals surface area (Å²) in [7, 11) is 4.70. The summed E-state index contributed by atoms with van der Waals surface area (Å²) in [6.07, 6.45) is 1.99. The highest BCUT2D eigenvalue weighted by molar-refractivity contribution is 5.97. The first-order chi connectivity index (χ1) is 13.6. The minimum absolute atomic E-state index is 0.0420. The number of benzene rings is 2. The van der Waals surface area contributed by atoms with Crippen LogP contribution in [0.3, 0.4) is 0 Å². The number of hydrogen-bond acceptors (Lipinski definition) is 6. The Morgan fingerprint density at radius 1 is 1.04 bits per heavy atom. The van der Waals surface area contributed by atoms with E-state index in [4.69, 9.17) is 14.2 Å². The first-order valence-corrected chi connectivity index (χ1v) is 8.61. The van der Waals surface area contributed by atoms with E-state index in [-0.39, 0.29) is 5.57 Å². The highest BCUT2D eigenvalue weighted by Crippen LogP contribution is 2.29. The molecule has 0 bridgehead atoms. The van der Waals surface area contributed by atoms with Crippen molar-refractivity contribution in [1.29, 1.82) is 5.26 Å². The molecule has 0 aromatic heterocycles. The lowest BCUT2D eigenvalue weighted by atomic mass is 10.1. The van der Waals surface area contributed by atoms with E-state index < -0.39 is 5.91 Å². The summed E-state index contributed by atoms with van der Waals surface area (Å²) in [5.74, 6) is 1.51. The lowest BCUT2D eigenvalue weighted by molar-refractivity contribution is -0.117. The van der Waals surface area contributed by atoms with Crippen molar-refractivity contribution in [3.63, 3.8) is 0 Å². The Kier molecular flexibility index (Phi) is 7.73. The Morgan fingerprint density at radius 3 is 2.32 bits per heavy atom. The van der Waals surface area contributed by atoms with Gasteiger partial charge in [0.1, 0.15) is 28.9 Å². The molecule has 0 aliphatic carbocycles. The molecule has 0 aliphatic heterocycles. The smallest absolute Gasteiger partial charge is 0.263 e. The second-order valence-electron chi connectivity index (χ2n) is 5.73. The number of nitrogens with zero attached hydrogens (tertiary/aromatic N) is 1. The molecule has 7 nitrogen and oxygen atoms in total. The highest BCUT2D eigenvalue weighted by atomic mass is 16.5. The molecule has 0 radical (unpaired) electrons.